The third-order valence-corrected chi connectivity index (χ3v) is 7.27. The van der Waals surface area contributed by atoms with Crippen molar-refractivity contribution in [2.75, 3.05) is 32.9 Å². The van der Waals surface area contributed by atoms with Gasteiger partial charge in [-0.25, -0.2) is 4.79 Å². The fourth-order valence-corrected chi connectivity index (χ4v) is 5.47. The number of hydrogen-bond acceptors (Lipinski definition) is 7. The number of piperidine rings is 1. The van der Waals surface area contributed by atoms with Gasteiger partial charge in [-0.2, -0.15) is 0 Å². The first-order valence-corrected chi connectivity index (χ1v) is 13.1. The SMILES string of the molecule is CCOC(=O)c1oc2c(C[NH+]3CCCC(C)C3)c([O-])c(CC)cc2c(=O)c1-c1ccc2c(c1)OCCO2. The maximum Gasteiger partial charge on any atom is 0.375 e. The van der Waals surface area contributed by atoms with E-state index in [-0.39, 0.29) is 34.7 Å². The minimum absolute atomic E-state index is 0.0912. The third kappa shape index (κ3) is 4.78. The molecule has 0 radical (unpaired) electrons. The second-order valence-electron chi connectivity index (χ2n) is 9.92. The number of likely N-dealkylation sites (tertiary alicyclic amines) is 1. The maximum atomic E-state index is 14.1. The van der Waals surface area contributed by atoms with Gasteiger partial charge in [-0.15, -0.1) is 0 Å². The minimum Gasteiger partial charge on any atom is -0.872 e. The van der Waals surface area contributed by atoms with Crippen LogP contribution in [0, 0.1) is 5.92 Å². The Balaban J connectivity index is 1.74. The Kier molecular flexibility index (Phi) is 7.11. The van der Waals surface area contributed by atoms with E-state index in [9.17, 15) is 14.7 Å². The highest BCUT2D eigenvalue weighted by Gasteiger charge is 2.28. The molecule has 2 atom stereocenters. The van der Waals surface area contributed by atoms with Crippen molar-refractivity contribution < 1.29 is 33.4 Å². The summed E-state index contributed by atoms with van der Waals surface area (Å²) in [5.74, 6) is 0.550. The lowest BCUT2D eigenvalue weighted by Crippen LogP contribution is -3.12. The molecule has 1 saturated heterocycles. The molecule has 2 aliphatic heterocycles. The number of fused-ring (bicyclic) bond motifs is 2. The van der Waals surface area contributed by atoms with Gasteiger partial charge < -0.3 is 28.6 Å². The molecule has 2 aromatic carbocycles. The van der Waals surface area contributed by atoms with E-state index < -0.39 is 5.97 Å². The van der Waals surface area contributed by atoms with E-state index in [0.29, 0.717) is 65.7 Å². The molecular weight excluding hydrogens is 474 g/mol. The van der Waals surface area contributed by atoms with Crippen molar-refractivity contribution in [3.8, 4) is 28.4 Å². The molecule has 0 aliphatic carbocycles. The monoisotopic (exact) mass is 507 g/mol. The molecule has 3 heterocycles. The Morgan fingerprint density at radius 2 is 1.95 bits per heavy atom. The number of benzene rings is 2. The van der Waals surface area contributed by atoms with E-state index in [1.165, 1.54) is 11.3 Å². The highest BCUT2D eigenvalue weighted by molar-refractivity contribution is 5.98. The topological polar surface area (TPSA) is 102 Å². The second kappa shape index (κ2) is 10.5. The number of rotatable bonds is 6. The van der Waals surface area contributed by atoms with Crippen LogP contribution in [0.4, 0.5) is 0 Å². The van der Waals surface area contributed by atoms with Crippen LogP contribution in [0.15, 0.2) is 33.5 Å². The average Bonchev–Trinajstić information content (AvgIpc) is 2.90. The van der Waals surface area contributed by atoms with Gasteiger partial charge in [0, 0.05) is 11.5 Å². The van der Waals surface area contributed by atoms with Crippen molar-refractivity contribution in [3.05, 3.63) is 51.4 Å². The molecule has 0 bridgehead atoms. The molecule has 2 aliphatic rings. The molecule has 8 heteroatoms. The van der Waals surface area contributed by atoms with Gasteiger partial charge in [0.25, 0.3) is 0 Å². The number of quaternary nitrogens is 1. The van der Waals surface area contributed by atoms with Crippen molar-refractivity contribution in [2.24, 2.45) is 5.92 Å². The summed E-state index contributed by atoms with van der Waals surface area (Å²) in [7, 11) is 0. The molecule has 2 unspecified atom stereocenters. The van der Waals surface area contributed by atoms with Gasteiger partial charge in [-0.3, -0.25) is 4.79 Å². The third-order valence-electron chi connectivity index (χ3n) is 7.27. The molecule has 1 N–H and O–H groups in total. The molecule has 3 aromatic rings. The Morgan fingerprint density at radius 1 is 1.16 bits per heavy atom. The normalized spacial score (nSPS) is 19.1. The molecule has 196 valence electrons. The first-order valence-electron chi connectivity index (χ1n) is 13.1. The quantitative estimate of drug-likeness (QED) is 0.512. The largest absolute Gasteiger partial charge is 0.872 e. The van der Waals surface area contributed by atoms with Gasteiger partial charge in [-0.05, 0) is 49.9 Å². The molecule has 1 aromatic heterocycles. The predicted octanol–water partition coefficient (Wildman–Crippen LogP) is 2.86. The molecule has 5 rings (SSSR count). The van der Waals surface area contributed by atoms with Gasteiger partial charge in [0.2, 0.25) is 11.2 Å². The number of ether oxygens (including phenoxy) is 3. The molecule has 8 nitrogen and oxygen atoms in total. The molecule has 0 amide bonds. The standard InChI is InChI=1S/C29H33NO7/c1-4-18-13-20-26(32)24(19-8-9-22-23(14-19)36-12-11-35-22)28(29(33)34-5-2)37-27(20)21(25(18)31)16-30-10-6-7-17(3)15-30/h8-9,13-14,17,31H,4-7,10-12,15-16H2,1-3H3. The molecule has 0 saturated carbocycles. The van der Waals surface area contributed by atoms with Crippen LogP contribution in [0.2, 0.25) is 0 Å². The second-order valence-corrected chi connectivity index (χ2v) is 9.92. The van der Waals surface area contributed by atoms with Crippen molar-refractivity contribution in [1.82, 2.24) is 0 Å². The number of nitrogens with one attached hydrogen (secondary N) is 1. The zero-order valence-corrected chi connectivity index (χ0v) is 21.6. The maximum absolute atomic E-state index is 14.1. The van der Waals surface area contributed by atoms with Crippen LogP contribution >= 0.6 is 0 Å². The zero-order valence-electron chi connectivity index (χ0n) is 21.6. The van der Waals surface area contributed by atoms with Gasteiger partial charge in [0.1, 0.15) is 25.3 Å². The lowest BCUT2D eigenvalue weighted by atomic mass is 9.96. The smallest absolute Gasteiger partial charge is 0.375 e. The summed E-state index contributed by atoms with van der Waals surface area (Å²) in [6, 6.07) is 6.72. The number of esters is 1. The van der Waals surface area contributed by atoms with E-state index in [2.05, 4.69) is 6.92 Å². The summed E-state index contributed by atoms with van der Waals surface area (Å²) in [5, 5.41) is 13.8. The van der Waals surface area contributed by atoms with Crippen LogP contribution < -0.4 is 24.9 Å². The summed E-state index contributed by atoms with van der Waals surface area (Å²) in [6.07, 6.45) is 2.75. The van der Waals surface area contributed by atoms with Crippen molar-refractivity contribution in [2.45, 2.75) is 46.6 Å². The van der Waals surface area contributed by atoms with Crippen molar-refractivity contribution in [3.63, 3.8) is 0 Å². The van der Waals surface area contributed by atoms with E-state index in [4.69, 9.17) is 18.6 Å². The Morgan fingerprint density at radius 3 is 2.68 bits per heavy atom. The van der Waals surface area contributed by atoms with Crippen LogP contribution in [0.25, 0.3) is 22.1 Å². The lowest BCUT2D eigenvalue weighted by Gasteiger charge is -2.30. The van der Waals surface area contributed by atoms with Crippen molar-refractivity contribution >= 4 is 16.9 Å². The first kappa shape index (κ1) is 25.1. The van der Waals surface area contributed by atoms with Crippen LogP contribution in [0.5, 0.6) is 17.2 Å². The average molecular weight is 508 g/mol. The fraction of sp³-hybridized carbons (Fsp3) is 0.448. The van der Waals surface area contributed by atoms with Crippen LogP contribution in [-0.2, 0) is 17.7 Å². The molecule has 37 heavy (non-hydrogen) atoms. The number of hydrogen-bond donors (Lipinski definition) is 1. The minimum atomic E-state index is -0.747. The summed E-state index contributed by atoms with van der Waals surface area (Å²) in [6.45, 7) is 9.10. The van der Waals surface area contributed by atoms with Crippen LogP contribution in [-0.4, -0.2) is 38.9 Å². The summed E-state index contributed by atoms with van der Waals surface area (Å²) in [4.78, 5) is 28.4. The summed E-state index contributed by atoms with van der Waals surface area (Å²) >= 11 is 0. The number of carbonyl (C=O) groups is 1. The van der Waals surface area contributed by atoms with Crippen LogP contribution in [0.3, 0.4) is 0 Å². The van der Waals surface area contributed by atoms with Gasteiger partial charge in [0.15, 0.2) is 11.5 Å². The van der Waals surface area contributed by atoms with E-state index in [1.54, 1.807) is 31.2 Å². The van der Waals surface area contributed by atoms with E-state index in [1.807, 2.05) is 6.92 Å². The number of aryl methyl sites for hydroxylation is 1. The van der Waals surface area contributed by atoms with Crippen molar-refractivity contribution in [1.29, 1.82) is 0 Å². The van der Waals surface area contributed by atoms with Gasteiger partial charge in [-0.1, -0.05) is 31.2 Å². The molecule has 0 spiro atoms. The Bertz CT molecular complexity index is 1390. The fourth-order valence-electron chi connectivity index (χ4n) is 5.47. The molecule has 1 fully saturated rings. The lowest BCUT2D eigenvalue weighted by molar-refractivity contribution is -0.922. The van der Waals surface area contributed by atoms with Crippen LogP contribution in [0.1, 0.15) is 55.3 Å². The highest BCUT2D eigenvalue weighted by atomic mass is 16.6. The summed E-state index contributed by atoms with van der Waals surface area (Å²) in [5.41, 5.74) is 1.38. The zero-order chi connectivity index (χ0) is 26.1. The predicted molar refractivity (Wildman–Crippen MR) is 136 cm³/mol. The van der Waals surface area contributed by atoms with E-state index in [0.717, 1.165) is 19.5 Å². The van der Waals surface area contributed by atoms with E-state index >= 15 is 0 Å². The number of carbonyl (C=O) groups excluding carboxylic acids is 1. The van der Waals surface area contributed by atoms with Gasteiger partial charge in [0.05, 0.1) is 30.6 Å². The first-order chi connectivity index (χ1) is 17.9. The molecular formula is C29H33NO7. The Labute approximate surface area is 215 Å². The van der Waals surface area contributed by atoms with Gasteiger partial charge >= 0.3 is 5.97 Å². The summed E-state index contributed by atoms with van der Waals surface area (Å²) < 4.78 is 22.8. The highest BCUT2D eigenvalue weighted by Crippen LogP contribution is 2.37. The Hall–Kier alpha value is -3.52.